The van der Waals surface area contributed by atoms with Crippen LogP contribution in [0.4, 0.5) is 5.69 Å². The average Bonchev–Trinajstić information content (AvgIpc) is 3.08. The van der Waals surface area contributed by atoms with Crippen LogP contribution < -0.4 is 11.1 Å². The van der Waals surface area contributed by atoms with Crippen molar-refractivity contribution >= 4 is 17.5 Å². The van der Waals surface area contributed by atoms with E-state index in [2.05, 4.69) is 15.3 Å². The number of likely N-dealkylation sites (N-methyl/N-ethyl adjacent to an activating group) is 1. The lowest BCUT2D eigenvalue weighted by atomic mass is 9.99. The fourth-order valence-electron chi connectivity index (χ4n) is 3.16. The molecule has 0 fully saturated rings. The van der Waals surface area contributed by atoms with Crippen molar-refractivity contribution in [2.45, 2.75) is 19.5 Å². The van der Waals surface area contributed by atoms with Gasteiger partial charge in [0.25, 0.3) is 5.91 Å². The number of nitrogens with one attached hydrogen (secondary N) is 1. The highest BCUT2D eigenvalue weighted by Gasteiger charge is 2.18. The van der Waals surface area contributed by atoms with Crippen LogP contribution in [0.5, 0.6) is 0 Å². The summed E-state index contributed by atoms with van der Waals surface area (Å²) in [7, 11) is 4.00. The Morgan fingerprint density at radius 3 is 2.85 bits per heavy atom. The molecule has 0 atom stereocenters. The molecule has 1 aromatic heterocycles. The molecule has 0 aliphatic carbocycles. The standard InChI is InChI=1S/C19H26N6O2/c1-23(2)7-8-25-12-16(10-21-25)19(27)22-17-4-3-14-5-6-24(13-18(20)26)11-15(14)9-17/h3-4,9-10,12H,5-8,11,13H2,1-2H3,(H2,20,26)(H,22,27). The molecule has 2 heterocycles. The molecule has 27 heavy (non-hydrogen) atoms. The number of amides is 2. The molecule has 8 nitrogen and oxygen atoms in total. The number of carbonyl (C=O) groups is 2. The average molecular weight is 370 g/mol. The molecule has 0 unspecified atom stereocenters. The van der Waals surface area contributed by atoms with Gasteiger partial charge in [-0.25, -0.2) is 0 Å². The van der Waals surface area contributed by atoms with Gasteiger partial charge in [0.05, 0.1) is 24.8 Å². The summed E-state index contributed by atoms with van der Waals surface area (Å²) in [5.74, 6) is -0.509. The molecule has 3 N–H and O–H groups in total. The Kier molecular flexibility index (Phi) is 5.88. The summed E-state index contributed by atoms with van der Waals surface area (Å²) < 4.78 is 1.77. The van der Waals surface area contributed by atoms with Crippen LogP contribution in [0.1, 0.15) is 21.5 Å². The van der Waals surface area contributed by atoms with E-state index in [4.69, 9.17) is 5.73 Å². The highest BCUT2D eigenvalue weighted by Crippen LogP contribution is 2.23. The number of benzene rings is 1. The van der Waals surface area contributed by atoms with Gasteiger partial charge < -0.3 is 16.0 Å². The Morgan fingerprint density at radius 2 is 2.11 bits per heavy atom. The van der Waals surface area contributed by atoms with E-state index in [-0.39, 0.29) is 18.4 Å². The van der Waals surface area contributed by atoms with Gasteiger partial charge in [0.2, 0.25) is 5.91 Å². The quantitative estimate of drug-likeness (QED) is 0.742. The number of anilines is 1. The SMILES string of the molecule is CN(C)CCn1cc(C(=O)Nc2ccc3c(c2)CN(CC(N)=O)CC3)cn1. The highest BCUT2D eigenvalue weighted by atomic mass is 16.2. The summed E-state index contributed by atoms with van der Waals surface area (Å²) in [4.78, 5) is 27.7. The van der Waals surface area contributed by atoms with Gasteiger partial charge in [-0.05, 0) is 43.8 Å². The Labute approximate surface area is 158 Å². The molecule has 8 heteroatoms. The Hall–Kier alpha value is -2.71. The van der Waals surface area contributed by atoms with Crippen molar-refractivity contribution in [3.63, 3.8) is 0 Å². The predicted octanol–water partition coefficient (Wildman–Crippen LogP) is 0.540. The van der Waals surface area contributed by atoms with Crippen molar-refractivity contribution in [1.82, 2.24) is 19.6 Å². The molecule has 0 spiro atoms. The van der Waals surface area contributed by atoms with E-state index in [1.807, 2.05) is 37.2 Å². The lowest BCUT2D eigenvalue weighted by molar-refractivity contribution is -0.119. The molecule has 2 amide bonds. The molecule has 2 aromatic rings. The summed E-state index contributed by atoms with van der Waals surface area (Å²) in [5.41, 5.74) is 8.92. The van der Waals surface area contributed by atoms with Crippen molar-refractivity contribution in [2.75, 3.05) is 39.0 Å². The summed E-state index contributed by atoms with van der Waals surface area (Å²) in [6.45, 7) is 3.31. The van der Waals surface area contributed by atoms with Gasteiger partial charge in [0.15, 0.2) is 0 Å². The second kappa shape index (κ2) is 8.32. The molecule has 0 radical (unpaired) electrons. The van der Waals surface area contributed by atoms with E-state index in [0.717, 1.165) is 37.3 Å². The fourth-order valence-corrected chi connectivity index (χ4v) is 3.16. The molecule has 1 aliphatic rings. The summed E-state index contributed by atoms with van der Waals surface area (Å²) in [6, 6.07) is 5.92. The summed E-state index contributed by atoms with van der Waals surface area (Å²) in [5, 5.41) is 7.17. The maximum Gasteiger partial charge on any atom is 0.258 e. The number of carbonyl (C=O) groups excluding carboxylic acids is 2. The van der Waals surface area contributed by atoms with Gasteiger partial charge in [-0.1, -0.05) is 6.07 Å². The Morgan fingerprint density at radius 1 is 1.30 bits per heavy atom. The summed E-state index contributed by atoms with van der Waals surface area (Å²) in [6.07, 6.45) is 4.21. The number of aromatic nitrogens is 2. The molecule has 0 bridgehead atoms. The van der Waals surface area contributed by atoms with Crippen molar-refractivity contribution in [3.8, 4) is 0 Å². The minimum atomic E-state index is -0.325. The largest absolute Gasteiger partial charge is 0.369 e. The van der Waals surface area contributed by atoms with Gasteiger partial charge in [0.1, 0.15) is 0 Å². The third-order valence-electron chi connectivity index (χ3n) is 4.61. The van der Waals surface area contributed by atoms with E-state index < -0.39 is 0 Å². The molecular formula is C19H26N6O2. The molecular weight excluding hydrogens is 344 g/mol. The van der Waals surface area contributed by atoms with Crippen molar-refractivity contribution in [3.05, 3.63) is 47.3 Å². The first kappa shape index (κ1) is 19.1. The van der Waals surface area contributed by atoms with Crippen LogP contribution in [0, 0.1) is 0 Å². The van der Waals surface area contributed by atoms with Gasteiger partial charge in [-0.3, -0.25) is 19.2 Å². The monoisotopic (exact) mass is 370 g/mol. The maximum atomic E-state index is 12.5. The van der Waals surface area contributed by atoms with Gasteiger partial charge in [0, 0.05) is 31.5 Å². The number of nitrogens with zero attached hydrogens (tertiary/aromatic N) is 4. The van der Waals surface area contributed by atoms with E-state index in [1.165, 1.54) is 5.56 Å². The van der Waals surface area contributed by atoms with E-state index in [0.29, 0.717) is 12.1 Å². The summed E-state index contributed by atoms with van der Waals surface area (Å²) >= 11 is 0. The molecule has 3 rings (SSSR count). The van der Waals surface area contributed by atoms with Gasteiger partial charge in [-0.2, -0.15) is 5.10 Å². The van der Waals surface area contributed by atoms with Crippen LogP contribution in [-0.2, 0) is 24.3 Å². The first-order valence-corrected chi connectivity index (χ1v) is 9.01. The molecule has 1 aromatic carbocycles. The van der Waals surface area contributed by atoms with Crippen LogP contribution in [0.3, 0.4) is 0 Å². The minimum absolute atomic E-state index is 0.184. The van der Waals surface area contributed by atoms with Crippen LogP contribution in [-0.4, -0.2) is 65.1 Å². The number of hydrogen-bond acceptors (Lipinski definition) is 5. The predicted molar refractivity (Wildman–Crippen MR) is 103 cm³/mol. The minimum Gasteiger partial charge on any atom is -0.369 e. The van der Waals surface area contributed by atoms with Crippen LogP contribution in [0.25, 0.3) is 0 Å². The second-order valence-electron chi connectivity index (χ2n) is 7.16. The Balaban J connectivity index is 1.64. The third kappa shape index (κ3) is 5.15. The topological polar surface area (TPSA) is 96.5 Å². The number of primary amides is 1. The molecule has 0 saturated carbocycles. The Bertz CT molecular complexity index is 829. The zero-order chi connectivity index (χ0) is 19.4. The zero-order valence-corrected chi connectivity index (χ0v) is 15.8. The van der Waals surface area contributed by atoms with Crippen LogP contribution >= 0.6 is 0 Å². The van der Waals surface area contributed by atoms with E-state index in [1.54, 1.807) is 17.1 Å². The highest BCUT2D eigenvalue weighted by molar-refractivity contribution is 6.04. The fraction of sp³-hybridized carbons (Fsp3) is 0.421. The maximum absolute atomic E-state index is 12.5. The molecule has 1 aliphatic heterocycles. The molecule has 144 valence electrons. The third-order valence-corrected chi connectivity index (χ3v) is 4.61. The lowest BCUT2D eigenvalue weighted by Crippen LogP contribution is -2.37. The van der Waals surface area contributed by atoms with Crippen molar-refractivity contribution < 1.29 is 9.59 Å². The first-order valence-electron chi connectivity index (χ1n) is 9.01. The van der Waals surface area contributed by atoms with Crippen molar-refractivity contribution in [2.24, 2.45) is 5.73 Å². The lowest BCUT2D eigenvalue weighted by Gasteiger charge is -2.28. The first-order chi connectivity index (χ1) is 12.9. The van der Waals surface area contributed by atoms with E-state index in [9.17, 15) is 9.59 Å². The number of hydrogen-bond donors (Lipinski definition) is 2. The smallest absolute Gasteiger partial charge is 0.258 e. The number of nitrogens with two attached hydrogens (primary N) is 1. The van der Waals surface area contributed by atoms with Crippen LogP contribution in [0.2, 0.25) is 0 Å². The number of rotatable bonds is 7. The normalized spacial score (nSPS) is 14.2. The molecule has 0 saturated heterocycles. The van der Waals surface area contributed by atoms with Crippen molar-refractivity contribution in [1.29, 1.82) is 0 Å². The zero-order valence-electron chi connectivity index (χ0n) is 15.8. The van der Waals surface area contributed by atoms with E-state index >= 15 is 0 Å². The second-order valence-corrected chi connectivity index (χ2v) is 7.16. The van der Waals surface area contributed by atoms with Crippen LogP contribution in [0.15, 0.2) is 30.6 Å². The number of fused-ring (bicyclic) bond motifs is 1. The van der Waals surface area contributed by atoms with Gasteiger partial charge in [-0.15, -0.1) is 0 Å². The van der Waals surface area contributed by atoms with Gasteiger partial charge >= 0.3 is 0 Å².